The largest absolute Gasteiger partial charge is 2.00 e. The number of sulfonamides is 2. The van der Waals surface area contributed by atoms with Gasteiger partial charge in [0.1, 0.15) is 0 Å². The van der Waals surface area contributed by atoms with Gasteiger partial charge in [-0.3, -0.25) is 0 Å². The molecule has 0 bridgehead atoms. The van der Waals surface area contributed by atoms with Crippen molar-refractivity contribution in [1.29, 1.82) is 0 Å². The molecule has 41 heavy (non-hydrogen) atoms. The number of halogens is 2. The number of rotatable bonds is 8. The first-order valence-electron chi connectivity index (χ1n) is 11.1. The Hall–Kier alpha value is -3.58. The van der Waals surface area contributed by atoms with Crippen molar-refractivity contribution in [2.24, 2.45) is 10.2 Å². The Balaban J connectivity index is 0.000000280. The van der Waals surface area contributed by atoms with E-state index in [1.807, 2.05) is 9.66 Å². The van der Waals surface area contributed by atoms with Crippen molar-refractivity contribution < 1.29 is 44.1 Å². The molecule has 0 heterocycles. The van der Waals surface area contributed by atoms with Crippen molar-refractivity contribution in [2.45, 2.75) is 9.79 Å². The number of hydrogen-bond donors (Lipinski definition) is 2. The van der Waals surface area contributed by atoms with E-state index in [1.165, 1.54) is 60.7 Å². The van der Waals surface area contributed by atoms with Crippen LogP contribution in [0.25, 0.3) is 0 Å². The van der Waals surface area contributed by atoms with E-state index in [9.17, 15) is 27.0 Å². The van der Waals surface area contributed by atoms with Gasteiger partial charge in [0, 0.05) is 10.0 Å². The molecule has 0 aliphatic rings. The fraction of sp³-hybridized carbons (Fsp3) is 0. The average molecular weight is 683 g/mol. The maximum atomic E-state index is 11.8. The molecule has 4 rings (SSSR count). The summed E-state index contributed by atoms with van der Waals surface area (Å²) in [6.45, 7) is 0. The summed E-state index contributed by atoms with van der Waals surface area (Å²) in [6, 6.07) is 23.9. The molecule has 0 unspecified atom stereocenters. The predicted octanol–water partition coefficient (Wildman–Crippen LogP) is 3.45. The van der Waals surface area contributed by atoms with Gasteiger partial charge in [-0.1, -0.05) is 83.2 Å². The molecule has 0 aliphatic heterocycles. The van der Waals surface area contributed by atoms with Gasteiger partial charge in [0.2, 0.25) is 0 Å². The number of benzene rings is 4. The van der Waals surface area contributed by atoms with Crippen molar-refractivity contribution in [1.82, 2.24) is 9.66 Å². The van der Waals surface area contributed by atoms with E-state index in [1.54, 1.807) is 36.4 Å². The Morgan fingerprint density at radius 1 is 0.585 bits per heavy atom. The zero-order chi connectivity index (χ0) is 29.2. The van der Waals surface area contributed by atoms with Crippen molar-refractivity contribution in [3.8, 4) is 11.5 Å². The summed E-state index contributed by atoms with van der Waals surface area (Å²) < 4.78 is 47.4. The second-order valence-electron chi connectivity index (χ2n) is 7.70. The van der Waals surface area contributed by atoms with Crippen LogP contribution in [0.15, 0.2) is 117 Å². The second-order valence-corrected chi connectivity index (χ2v) is 11.9. The summed E-state index contributed by atoms with van der Waals surface area (Å²) in [5.74, 6) is -0.589. The van der Waals surface area contributed by atoms with Gasteiger partial charge in [-0.25, -0.2) is 9.66 Å². The van der Waals surface area contributed by atoms with E-state index in [0.717, 1.165) is 12.4 Å². The van der Waals surface area contributed by atoms with E-state index in [0.29, 0.717) is 10.0 Å². The van der Waals surface area contributed by atoms with Crippen LogP contribution in [0.2, 0.25) is 10.0 Å². The SMILES string of the molecule is O=S(=O)(N/N=C/c1cc(Cl)ccc1[O-])c1ccccc1.O=S(=O)(N/N=C/c1cc(Cl)ccc1[O-])c1ccccc1.[Cu+2]. The van der Waals surface area contributed by atoms with Crippen LogP contribution < -0.4 is 19.9 Å². The van der Waals surface area contributed by atoms with Gasteiger partial charge in [-0.2, -0.15) is 27.0 Å². The maximum Gasteiger partial charge on any atom is 2.00 e. The third-order valence-corrected chi connectivity index (χ3v) is 7.75. The molecule has 0 spiro atoms. The Kier molecular flexibility index (Phi) is 12.7. The van der Waals surface area contributed by atoms with Crippen molar-refractivity contribution in [3.63, 3.8) is 0 Å². The molecule has 2 N–H and O–H groups in total. The number of hydrazone groups is 2. The fourth-order valence-corrected chi connectivity index (χ4v) is 4.86. The van der Waals surface area contributed by atoms with Gasteiger partial charge in [0.15, 0.2) is 0 Å². The second kappa shape index (κ2) is 15.4. The minimum atomic E-state index is -3.74. The van der Waals surface area contributed by atoms with Crippen LogP contribution in [-0.2, 0) is 37.1 Å². The molecule has 0 aromatic heterocycles. The summed E-state index contributed by atoms with van der Waals surface area (Å²) in [5.41, 5.74) is 0.404. The van der Waals surface area contributed by atoms with Gasteiger partial charge >= 0.3 is 17.1 Å². The summed E-state index contributed by atoms with van der Waals surface area (Å²) in [6.07, 6.45) is 2.24. The molecule has 0 saturated carbocycles. The molecule has 4 aromatic carbocycles. The van der Waals surface area contributed by atoms with Gasteiger partial charge in [-0.05, 0) is 59.7 Å². The predicted molar refractivity (Wildman–Crippen MR) is 151 cm³/mol. The normalized spacial score (nSPS) is 11.4. The van der Waals surface area contributed by atoms with E-state index in [4.69, 9.17) is 23.2 Å². The van der Waals surface area contributed by atoms with Crippen LogP contribution in [-0.4, -0.2) is 29.3 Å². The van der Waals surface area contributed by atoms with Gasteiger partial charge in [0.25, 0.3) is 20.0 Å². The van der Waals surface area contributed by atoms with Crippen LogP contribution in [0.3, 0.4) is 0 Å². The minimum absolute atomic E-state index is 0. The van der Waals surface area contributed by atoms with Crippen LogP contribution in [0.5, 0.6) is 11.5 Å². The third-order valence-electron chi connectivity index (χ3n) is 4.80. The number of nitrogens with one attached hydrogen (secondary N) is 2. The van der Waals surface area contributed by atoms with E-state index < -0.39 is 20.0 Å². The maximum absolute atomic E-state index is 11.8. The summed E-state index contributed by atoms with van der Waals surface area (Å²) in [7, 11) is -7.47. The molecule has 4 aromatic rings. The molecular weight excluding hydrogens is 663 g/mol. The van der Waals surface area contributed by atoms with Gasteiger partial charge in [-0.15, -0.1) is 0 Å². The Morgan fingerprint density at radius 2 is 0.927 bits per heavy atom. The summed E-state index contributed by atoms with van der Waals surface area (Å²) in [4.78, 5) is 4.24. The summed E-state index contributed by atoms with van der Waals surface area (Å²) in [5, 5.41) is 30.8. The number of nitrogens with zero attached hydrogens (tertiary/aromatic N) is 2. The first-order valence-corrected chi connectivity index (χ1v) is 14.8. The monoisotopic (exact) mass is 681 g/mol. The Bertz CT molecular complexity index is 1600. The average Bonchev–Trinajstić information content (AvgIpc) is 2.94. The third kappa shape index (κ3) is 10.4. The number of hydrogen-bond acceptors (Lipinski definition) is 8. The first-order chi connectivity index (χ1) is 19.0. The topological polar surface area (TPSA) is 163 Å². The molecule has 15 heteroatoms. The quantitative estimate of drug-likeness (QED) is 0.164. The van der Waals surface area contributed by atoms with Crippen molar-refractivity contribution in [3.05, 3.63) is 118 Å². The Labute approximate surface area is 257 Å². The van der Waals surface area contributed by atoms with E-state index in [-0.39, 0.29) is 49.5 Å². The smallest absolute Gasteiger partial charge is 0.872 e. The van der Waals surface area contributed by atoms with Gasteiger partial charge < -0.3 is 10.2 Å². The zero-order valence-corrected chi connectivity index (χ0v) is 24.7. The van der Waals surface area contributed by atoms with Crippen molar-refractivity contribution >= 4 is 55.7 Å². The molecule has 1 radical (unpaired) electrons. The van der Waals surface area contributed by atoms with Crippen LogP contribution >= 0.6 is 23.2 Å². The fourth-order valence-electron chi connectivity index (χ4n) is 2.88. The van der Waals surface area contributed by atoms with E-state index >= 15 is 0 Å². The molecule has 0 aliphatic carbocycles. The van der Waals surface area contributed by atoms with Crippen LogP contribution in [0, 0.1) is 0 Å². The van der Waals surface area contributed by atoms with Gasteiger partial charge in [0.05, 0.1) is 22.2 Å². The first kappa shape index (κ1) is 33.6. The minimum Gasteiger partial charge on any atom is -0.872 e. The molecule has 0 fully saturated rings. The molecule has 10 nitrogen and oxygen atoms in total. The molecular formula is C26H20Cl2CuN4O6S2. The van der Waals surface area contributed by atoms with Crippen LogP contribution in [0.1, 0.15) is 11.1 Å². The molecule has 0 saturated heterocycles. The molecule has 217 valence electrons. The standard InChI is InChI=1S/2C13H11ClN2O3S.Cu/c2*14-11-6-7-13(17)10(8-11)9-15-16-20(18,19)12-4-2-1-3-5-12;/h2*1-9,16-17H;/q;;+2/p-2/b2*15-9+;. The zero-order valence-electron chi connectivity index (χ0n) is 20.6. The Morgan fingerprint density at radius 3 is 1.27 bits per heavy atom. The summed E-state index contributed by atoms with van der Waals surface area (Å²) >= 11 is 11.5. The van der Waals surface area contributed by atoms with Crippen molar-refractivity contribution in [2.75, 3.05) is 0 Å². The molecule has 0 amide bonds. The van der Waals surface area contributed by atoms with Crippen LogP contribution in [0.4, 0.5) is 0 Å². The van der Waals surface area contributed by atoms with E-state index in [2.05, 4.69) is 10.2 Å². The molecule has 0 atom stereocenters.